The molecule has 1 aromatic heterocycles. The monoisotopic (exact) mass is 215 g/mol. The van der Waals surface area contributed by atoms with Gasteiger partial charge in [-0.05, 0) is 38.3 Å². The summed E-state index contributed by atoms with van der Waals surface area (Å²) in [6, 6.07) is 7.87. The van der Waals surface area contributed by atoms with Gasteiger partial charge in [-0.15, -0.1) is 0 Å². The van der Waals surface area contributed by atoms with Crippen molar-refractivity contribution in [1.29, 1.82) is 0 Å². The number of nitrogens with one attached hydrogen (secondary N) is 1. The second-order valence-corrected chi connectivity index (χ2v) is 4.98. The van der Waals surface area contributed by atoms with E-state index in [1.807, 2.05) is 24.3 Å². The molecule has 1 aromatic carbocycles. The zero-order valence-electron chi connectivity index (χ0n) is 9.91. The Hall–Kier alpha value is -1.77. The lowest BCUT2D eigenvalue weighted by molar-refractivity contribution is 0.631. The lowest BCUT2D eigenvalue weighted by Gasteiger charge is -2.22. The Labute approximate surface area is 95.7 Å². The Bertz CT molecular complexity index is 507. The molecule has 0 unspecified atom stereocenters. The number of benzene rings is 1. The molecule has 84 valence electrons. The minimum atomic E-state index is -0.0242. The Morgan fingerprint density at radius 2 is 1.94 bits per heavy atom. The summed E-state index contributed by atoms with van der Waals surface area (Å²) in [7, 11) is 0. The summed E-state index contributed by atoms with van der Waals surface area (Å²) < 4.78 is 0. The standard InChI is InChI=1S/C13H17N3/c1-13(2,3)16-12-11-9(7-8-15-12)5-4-6-10(11)14/h4-8H,14H2,1-3H3,(H,15,16). The van der Waals surface area contributed by atoms with Crippen LogP contribution in [-0.4, -0.2) is 10.5 Å². The van der Waals surface area contributed by atoms with E-state index in [1.54, 1.807) is 6.20 Å². The van der Waals surface area contributed by atoms with Crippen molar-refractivity contribution in [2.24, 2.45) is 0 Å². The van der Waals surface area contributed by atoms with Crippen LogP contribution in [0.3, 0.4) is 0 Å². The normalized spacial score (nSPS) is 11.7. The predicted molar refractivity (Wildman–Crippen MR) is 69.5 cm³/mol. The van der Waals surface area contributed by atoms with E-state index in [9.17, 15) is 0 Å². The molecule has 16 heavy (non-hydrogen) atoms. The summed E-state index contributed by atoms with van der Waals surface area (Å²) in [6.45, 7) is 6.31. The van der Waals surface area contributed by atoms with Gasteiger partial charge < -0.3 is 11.1 Å². The summed E-state index contributed by atoms with van der Waals surface area (Å²) in [5, 5.41) is 5.49. The number of nitrogens with zero attached hydrogens (tertiary/aromatic N) is 1. The summed E-state index contributed by atoms with van der Waals surface area (Å²) >= 11 is 0. The lowest BCUT2D eigenvalue weighted by Crippen LogP contribution is -2.26. The van der Waals surface area contributed by atoms with Gasteiger partial charge in [0.2, 0.25) is 0 Å². The van der Waals surface area contributed by atoms with Crippen molar-refractivity contribution in [2.45, 2.75) is 26.3 Å². The molecule has 0 spiro atoms. The zero-order chi connectivity index (χ0) is 11.8. The number of fused-ring (bicyclic) bond motifs is 1. The van der Waals surface area contributed by atoms with Gasteiger partial charge in [0.05, 0.1) is 0 Å². The Kier molecular flexibility index (Phi) is 2.46. The maximum Gasteiger partial charge on any atom is 0.136 e. The third kappa shape index (κ3) is 2.08. The third-order valence-corrected chi connectivity index (χ3v) is 2.32. The molecule has 0 aliphatic heterocycles. The van der Waals surface area contributed by atoms with Gasteiger partial charge in [-0.2, -0.15) is 0 Å². The van der Waals surface area contributed by atoms with Gasteiger partial charge in [0, 0.05) is 22.8 Å². The quantitative estimate of drug-likeness (QED) is 0.719. The molecule has 0 amide bonds. The van der Waals surface area contributed by atoms with Crippen molar-refractivity contribution in [1.82, 2.24) is 4.98 Å². The van der Waals surface area contributed by atoms with Gasteiger partial charge in [0.25, 0.3) is 0 Å². The van der Waals surface area contributed by atoms with E-state index in [0.717, 1.165) is 22.3 Å². The second-order valence-electron chi connectivity index (χ2n) is 4.98. The molecule has 0 saturated carbocycles. The van der Waals surface area contributed by atoms with Crippen LogP contribution >= 0.6 is 0 Å². The van der Waals surface area contributed by atoms with Crippen LogP contribution in [0, 0.1) is 0 Å². The molecule has 2 rings (SSSR count). The van der Waals surface area contributed by atoms with Crippen LogP contribution in [0.25, 0.3) is 10.8 Å². The van der Waals surface area contributed by atoms with E-state index >= 15 is 0 Å². The number of nitrogen functional groups attached to an aromatic ring is 1. The number of rotatable bonds is 1. The molecule has 0 bridgehead atoms. The minimum Gasteiger partial charge on any atom is -0.398 e. The highest BCUT2D eigenvalue weighted by Gasteiger charge is 2.13. The molecule has 0 aliphatic rings. The highest BCUT2D eigenvalue weighted by molar-refractivity contribution is 6.00. The van der Waals surface area contributed by atoms with Gasteiger partial charge in [-0.25, -0.2) is 4.98 Å². The number of aromatic nitrogens is 1. The summed E-state index contributed by atoms with van der Waals surface area (Å²) in [6.07, 6.45) is 1.80. The van der Waals surface area contributed by atoms with E-state index in [4.69, 9.17) is 5.73 Å². The molecule has 2 aromatic rings. The van der Waals surface area contributed by atoms with Gasteiger partial charge in [0.15, 0.2) is 0 Å². The molecular weight excluding hydrogens is 198 g/mol. The van der Waals surface area contributed by atoms with E-state index in [1.165, 1.54) is 0 Å². The first-order valence-electron chi connectivity index (χ1n) is 5.39. The van der Waals surface area contributed by atoms with Gasteiger partial charge in [-0.1, -0.05) is 12.1 Å². The third-order valence-electron chi connectivity index (χ3n) is 2.32. The first-order chi connectivity index (χ1) is 7.47. The fourth-order valence-electron chi connectivity index (χ4n) is 1.71. The molecule has 0 atom stereocenters. The topological polar surface area (TPSA) is 50.9 Å². The predicted octanol–water partition coefficient (Wildman–Crippen LogP) is 3.03. The van der Waals surface area contributed by atoms with Crippen LogP contribution in [0.1, 0.15) is 20.8 Å². The fraction of sp³-hybridized carbons (Fsp3) is 0.308. The maximum absolute atomic E-state index is 6.00. The van der Waals surface area contributed by atoms with E-state index in [0.29, 0.717) is 0 Å². The Balaban J connectivity index is 2.61. The molecule has 1 heterocycles. The smallest absolute Gasteiger partial charge is 0.136 e. The van der Waals surface area contributed by atoms with Crippen LogP contribution in [0.2, 0.25) is 0 Å². The largest absolute Gasteiger partial charge is 0.398 e. The number of nitrogens with two attached hydrogens (primary N) is 1. The molecule has 0 aliphatic carbocycles. The van der Waals surface area contributed by atoms with Crippen LogP contribution in [0.5, 0.6) is 0 Å². The summed E-state index contributed by atoms with van der Waals surface area (Å²) in [4.78, 5) is 4.36. The summed E-state index contributed by atoms with van der Waals surface area (Å²) in [5.41, 5.74) is 6.73. The van der Waals surface area contributed by atoms with Crippen molar-refractivity contribution in [3.8, 4) is 0 Å². The Morgan fingerprint density at radius 3 is 2.62 bits per heavy atom. The SMILES string of the molecule is CC(C)(C)Nc1nccc2cccc(N)c12. The zero-order valence-corrected chi connectivity index (χ0v) is 9.91. The van der Waals surface area contributed by atoms with Crippen LogP contribution in [0.15, 0.2) is 30.5 Å². The number of hydrogen-bond acceptors (Lipinski definition) is 3. The molecule has 3 N–H and O–H groups in total. The minimum absolute atomic E-state index is 0.0242. The lowest BCUT2D eigenvalue weighted by atomic mass is 10.1. The number of hydrogen-bond donors (Lipinski definition) is 2. The molecule has 0 radical (unpaired) electrons. The van der Waals surface area contributed by atoms with Gasteiger partial charge in [0.1, 0.15) is 5.82 Å². The first kappa shape index (κ1) is 10.7. The van der Waals surface area contributed by atoms with Crippen LogP contribution in [0.4, 0.5) is 11.5 Å². The average molecular weight is 215 g/mol. The average Bonchev–Trinajstić information content (AvgIpc) is 2.15. The van der Waals surface area contributed by atoms with E-state index in [2.05, 4.69) is 31.1 Å². The van der Waals surface area contributed by atoms with Crippen molar-refractivity contribution >= 4 is 22.3 Å². The van der Waals surface area contributed by atoms with Crippen LogP contribution < -0.4 is 11.1 Å². The van der Waals surface area contributed by atoms with Crippen molar-refractivity contribution < 1.29 is 0 Å². The highest BCUT2D eigenvalue weighted by atomic mass is 15.0. The maximum atomic E-state index is 6.00. The van der Waals surface area contributed by atoms with E-state index in [-0.39, 0.29) is 5.54 Å². The molecule has 0 saturated heterocycles. The highest BCUT2D eigenvalue weighted by Crippen LogP contribution is 2.28. The number of pyridine rings is 1. The van der Waals surface area contributed by atoms with E-state index < -0.39 is 0 Å². The molecule has 0 fully saturated rings. The Morgan fingerprint density at radius 1 is 1.19 bits per heavy atom. The van der Waals surface area contributed by atoms with Crippen molar-refractivity contribution in [3.63, 3.8) is 0 Å². The molecular formula is C13H17N3. The fourth-order valence-corrected chi connectivity index (χ4v) is 1.71. The number of anilines is 2. The summed E-state index contributed by atoms with van der Waals surface area (Å²) in [5.74, 6) is 0.850. The first-order valence-corrected chi connectivity index (χ1v) is 5.39. The van der Waals surface area contributed by atoms with Gasteiger partial charge >= 0.3 is 0 Å². The second kappa shape index (κ2) is 3.67. The molecule has 3 heteroatoms. The van der Waals surface area contributed by atoms with Crippen LogP contribution in [-0.2, 0) is 0 Å². The van der Waals surface area contributed by atoms with Crippen molar-refractivity contribution in [3.05, 3.63) is 30.5 Å². The van der Waals surface area contributed by atoms with Gasteiger partial charge in [-0.3, -0.25) is 0 Å². The van der Waals surface area contributed by atoms with Crippen molar-refractivity contribution in [2.75, 3.05) is 11.1 Å². The molecule has 3 nitrogen and oxygen atoms in total.